The van der Waals surface area contributed by atoms with Gasteiger partial charge in [-0.2, -0.15) is 4.98 Å². The molecule has 0 bridgehead atoms. The van der Waals surface area contributed by atoms with Crippen molar-refractivity contribution in [3.8, 4) is 0 Å². The van der Waals surface area contributed by atoms with Gasteiger partial charge >= 0.3 is 0 Å². The zero-order chi connectivity index (χ0) is 20.4. The van der Waals surface area contributed by atoms with Crippen LogP contribution in [0.15, 0.2) is 40.2 Å². The molecule has 1 aliphatic rings. The normalized spacial score (nSPS) is 14.0. The Kier molecular flexibility index (Phi) is 5.41. The lowest BCUT2D eigenvalue weighted by atomic mass is 9.96. The molecule has 1 aromatic carbocycles. The molecule has 152 valence electrons. The van der Waals surface area contributed by atoms with Gasteiger partial charge < -0.3 is 14.7 Å². The minimum atomic E-state index is -0.162. The number of anilines is 2. The number of aromatic nitrogens is 2. The van der Waals surface area contributed by atoms with E-state index in [4.69, 9.17) is 4.52 Å². The number of benzene rings is 1. The maximum Gasteiger partial charge on any atom is 0.227 e. The number of fused-ring (bicyclic) bond motifs is 1. The van der Waals surface area contributed by atoms with E-state index in [-0.39, 0.29) is 11.3 Å². The topological polar surface area (TPSA) is 71.3 Å². The fraction of sp³-hybridized carbons (Fsp3) is 0.409. The second kappa shape index (κ2) is 7.99. The van der Waals surface area contributed by atoms with Crippen LogP contribution < -0.4 is 10.2 Å². The summed E-state index contributed by atoms with van der Waals surface area (Å²) in [7, 11) is 0. The van der Waals surface area contributed by atoms with Crippen LogP contribution >= 0.6 is 11.3 Å². The molecule has 7 heteroatoms. The first-order valence-corrected chi connectivity index (χ1v) is 10.8. The SMILES string of the molecule is CC(C)(C)c1noc(CCC(=O)Nc2ccc(N3CCc4sccc4C3)cc2)n1. The zero-order valence-corrected chi connectivity index (χ0v) is 17.9. The standard InChI is InChI=1S/C22H26N4O2S/c1-22(2,3)21-24-20(28-25-21)9-8-19(27)23-16-4-6-17(7-5-16)26-12-10-18-15(14-26)11-13-29-18/h4-7,11,13H,8-10,12,14H2,1-3H3,(H,23,27). The van der Waals surface area contributed by atoms with Gasteiger partial charge in [-0.15, -0.1) is 11.3 Å². The molecule has 0 saturated heterocycles. The molecule has 2 aromatic heterocycles. The van der Waals surface area contributed by atoms with E-state index >= 15 is 0 Å². The molecule has 0 fully saturated rings. The smallest absolute Gasteiger partial charge is 0.227 e. The Morgan fingerprint density at radius 3 is 2.76 bits per heavy atom. The number of carbonyl (C=O) groups is 1. The minimum Gasteiger partial charge on any atom is -0.367 e. The van der Waals surface area contributed by atoms with E-state index in [9.17, 15) is 4.79 Å². The van der Waals surface area contributed by atoms with Crippen molar-refractivity contribution in [2.45, 2.75) is 52.0 Å². The lowest BCUT2D eigenvalue weighted by Crippen LogP contribution is -2.29. The molecular weight excluding hydrogens is 384 g/mol. The third kappa shape index (κ3) is 4.67. The molecule has 4 rings (SSSR count). The summed E-state index contributed by atoms with van der Waals surface area (Å²) in [6.07, 6.45) is 1.84. The van der Waals surface area contributed by atoms with Crippen molar-refractivity contribution in [1.82, 2.24) is 10.1 Å². The van der Waals surface area contributed by atoms with Crippen LogP contribution in [-0.4, -0.2) is 22.6 Å². The summed E-state index contributed by atoms with van der Waals surface area (Å²) in [6, 6.07) is 10.3. The number of amides is 1. The molecule has 29 heavy (non-hydrogen) atoms. The summed E-state index contributed by atoms with van der Waals surface area (Å²) in [5.41, 5.74) is 3.24. The van der Waals surface area contributed by atoms with Crippen molar-refractivity contribution in [3.05, 3.63) is 57.9 Å². The molecule has 0 atom stereocenters. The molecule has 0 aliphatic carbocycles. The predicted molar refractivity (Wildman–Crippen MR) is 115 cm³/mol. The molecular formula is C22H26N4O2S. The van der Waals surface area contributed by atoms with Crippen molar-refractivity contribution in [1.29, 1.82) is 0 Å². The Morgan fingerprint density at radius 1 is 1.24 bits per heavy atom. The van der Waals surface area contributed by atoms with Crippen LogP contribution in [0.2, 0.25) is 0 Å². The summed E-state index contributed by atoms with van der Waals surface area (Å²) in [5, 5.41) is 9.11. The fourth-order valence-corrected chi connectivity index (χ4v) is 4.22. The molecule has 1 aliphatic heterocycles. The Bertz CT molecular complexity index is 985. The van der Waals surface area contributed by atoms with Gasteiger partial charge in [0.25, 0.3) is 0 Å². The summed E-state index contributed by atoms with van der Waals surface area (Å²) in [5.74, 6) is 1.10. The monoisotopic (exact) mass is 410 g/mol. The average molecular weight is 411 g/mol. The second-order valence-corrected chi connectivity index (χ2v) is 9.40. The van der Waals surface area contributed by atoms with Crippen LogP contribution in [0, 0.1) is 0 Å². The Balaban J connectivity index is 1.29. The Morgan fingerprint density at radius 2 is 2.03 bits per heavy atom. The molecule has 0 radical (unpaired) electrons. The van der Waals surface area contributed by atoms with E-state index < -0.39 is 0 Å². The maximum absolute atomic E-state index is 12.3. The van der Waals surface area contributed by atoms with E-state index in [1.807, 2.05) is 44.2 Å². The van der Waals surface area contributed by atoms with Crippen LogP contribution in [0.25, 0.3) is 0 Å². The number of carbonyl (C=O) groups excluding carboxylic acids is 1. The Hall–Kier alpha value is -2.67. The number of thiophene rings is 1. The second-order valence-electron chi connectivity index (χ2n) is 8.40. The van der Waals surface area contributed by atoms with Crippen LogP contribution in [0.1, 0.15) is 49.3 Å². The van der Waals surface area contributed by atoms with Gasteiger partial charge in [-0.3, -0.25) is 4.79 Å². The summed E-state index contributed by atoms with van der Waals surface area (Å²) in [6.45, 7) is 8.06. The maximum atomic E-state index is 12.3. The lowest BCUT2D eigenvalue weighted by molar-refractivity contribution is -0.116. The van der Waals surface area contributed by atoms with Crippen LogP contribution in [0.5, 0.6) is 0 Å². The molecule has 0 spiro atoms. The largest absolute Gasteiger partial charge is 0.367 e. The highest BCUT2D eigenvalue weighted by molar-refractivity contribution is 7.10. The van der Waals surface area contributed by atoms with Crippen molar-refractivity contribution in [3.63, 3.8) is 0 Å². The third-order valence-electron chi connectivity index (χ3n) is 5.03. The van der Waals surface area contributed by atoms with E-state index in [2.05, 4.69) is 43.9 Å². The van der Waals surface area contributed by atoms with Crippen molar-refractivity contribution in [2.75, 3.05) is 16.8 Å². The molecule has 1 N–H and O–H groups in total. The molecule has 0 unspecified atom stereocenters. The van der Waals surface area contributed by atoms with Gasteiger partial charge in [0, 0.05) is 47.6 Å². The number of hydrogen-bond acceptors (Lipinski definition) is 6. The number of aryl methyl sites for hydroxylation is 1. The van der Waals surface area contributed by atoms with Crippen LogP contribution in [0.4, 0.5) is 11.4 Å². The zero-order valence-electron chi connectivity index (χ0n) is 17.1. The summed E-state index contributed by atoms with van der Waals surface area (Å²) >= 11 is 1.85. The van der Waals surface area contributed by atoms with Gasteiger partial charge in [0.05, 0.1) is 0 Å². The number of nitrogens with zero attached hydrogens (tertiary/aromatic N) is 3. The average Bonchev–Trinajstić information content (AvgIpc) is 3.35. The van der Waals surface area contributed by atoms with Gasteiger partial charge in [0.1, 0.15) is 0 Å². The number of rotatable bonds is 5. The van der Waals surface area contributed by atoms with Gasteiger partial charge in [-0.1, -0.05) is 25.9 Å². The fourth-order valence-electron chi connectivity index (χ4n) is 3.33. The van der Waals surface area contributed by atoms with Crippen molar-refractivity contribution in [2.24, 2.45) is 0 Å². The molecule has 0 saturated carbocycles. The molecule has 1 amide bonds. The molecule has 6 nitrogen and oxygen atoms in total. The van der Waals surface area contributed by atoms with E-state index in [0.29, 0.717) is 24.6 Å². The summed E-state index contributed by atoms with van der Waals surface area (Å²) in [4.78, 5) is 20.5. The minimum absolute atomic E-state index is 0.0610. The quantitative estimate of drug-likeness (QED) is 0.667. The van der Waals surface area contributed by atoms with E-state index in [1.54, 1.807) is 0 Å². The first kappa shape index (κ1) is 19.6. The van der Waals surface area contributed by atoms with Gasteiger partial charge in [0.15, 0.2) is 5.82 Å². The molecule has 3 aromatic rings. The third-order valence-corrected chi connectivity index (χ3v) is 6.05. The van der Waals surface area contributed by atoms with Crippen molar-refractivity contribution < 1.29 is 9.32 Å². The van der Waals surface area contributed by atoms with Crippen LogP contribution in [0.3, 0.4) is 0 Å². The number of nitrogens with one attached hydrogen (secondary N) is 1. The first-order chi connectivity index (χ1) is 13.9. The predicted octanol–water partition coefficient (Wildman–Crippen LogP) is 4.56. The first-order valence-electron chi connectivity index (χ1n) is 9.92. The van der Waals surface area contributed by atoms with Gasteiger partial charge in [0.2, 0.25) is 11.8 Å². The Labute approximate surface area is 174 Å². The van der Waals surface area contributed by atoms with Gasteiger partial charge in [-0.05, 0) is 47.7 Å². The van der Waals surface area contributed by atoms with E-state index in [1.165, 1.54) is 16.1 Å². The van der Waals surface area contributed by atoms with Crippen molar-refractivity contribution >= 4 is 28.6 Å². The van der Waals surface area contributed by atoms with E-state index in [0.717, 1.165) is 25.2 Å². The van der Waals surface area contributed by atoms with Gasteiger partial charge in [-0.25, -0.2) is 0 Å². The highest BCUT2D eigenvalue weighted by atomic mass is 32.1. The lowest BCUT2D eigenvalue weighted by Gasteiger charge is -2.29. The van der Waals surface area contributed by atoms with Crippen LogP contribution in [-0.2, 0) is 29.6 Å². The number of hydrogen-bond donors (Lipinski definition) is 1. The molecule has 3 heterocycles. The highest BCUT2D eigenvalue weighted by Crippen LogP contribution is 2.28. The summed E-state index contributed by atoms with van der Waals surface area (Å²) < 4.78 is 5.25. The highest BCUT2D eigenvalue weighted by Gasteiger charge is 2.21.